The molecule has 0 unspecified atom stereocenters. The largest absolute Gasteiger partial charge is 0.468 e. The maximum atomic E-state index is 12.7. The van der Waals surface area contributed by atoms with Crippen LogP contribution in [-0.2, 0) is 16.0 Å². The second-order valence-corrected chi connectivity index (χ2v) is 8.14. The Morgan fingerprint density at radius 3 is 2.55 bits per heavy atom. The van der Waals surface area contributed by atoms with Crippen LogP contribution in [0.25, 0.3) is 0 Å². The van der Waals surface area contributed by atoms with Crippen LogP contribution in [0.1, 0.15) is 57.0 Å². The number of anilines is 1. The molecule has 2 amide bonds. The van der Waals surface area contributed by atoms with Crippen molar-refractivity contribution in [2.75, 3.05) is 19.0 Å². The van der Waals surface area contributed by atoms with E-state index in [4.69, 9.17) is 0 Å². The van der Waals surface area contributed by atoms with Gasteiger partial charge in [0.05, 0.1) is 7.11 Å². The molecule has 1 aromatic heterocycles. The van der Waals surface area contributed by atoms with Crippen LogP contribution in [0, 0.1) is 5.41 Å². The molecule has 1 heterocycles. The maximum absolute atomic E-state index is 12.7. The fourth-order valence-corrected chi connectivity index (χ4v) is 3.46. The van der Waals surface area contributed by atoms with E-state index < -0.39 is 23.3 Å². The molecule has 162 valence electrons. The molecular weight excluding hydrogens is 402 g/mol. The number of aromatic amines is 1. The van der Waals surface area contributed by atoms with Crippen LogP contribution in [0.2, 0.25) is 0 Å². The van der Waals surface area contributed by atoms with Gasteiger partial charge in [-0.25, -0.2) is 0 Å². The Morgan fingerprint density at radius 2 is 1.84 bits per heavy atom. The summed E-state index contributed by atoms with van der Waals surface area (Å²) < 4.78 is 4.46. The number of carbonyl (C=O) groups is 4. The summed E-state index contributed by atoms with van der Waals surface area (Å²) in [6, 6.07) is 7.34. The van der Waals surface area contributed by atoms with Crippen LogP contribution in [0.5, 0.6) is 0 Å². The first-order valence-corrected chi connectivity index (χ1v) is 9.65. The van der Waals surface area contributed by atoms with Crippen molar-refractivity contribution in [3.05, 3.63) is 63.1 Å². The number of pyridine rings is 1. The Hall–Kier alpha value is -3.75. The number of hydrogen-bond acceptors (Lipinski definition) is 6. The van der Waals surface area contributed by atoms with Gasteiger partial charge in [0.25, 0.3) is 17.4 Å². The van der Waals surface area contributed by atoms with Crippen LogP contribution >= 0.6 is 0 Å². The number of ether oxygens (including phenoxy) is 1. The minimum atomic E-state index is -0.700. The molecule has 1 aliphatic carbocycles. The van der Waals surface area contributed by atoms with Gasteiger partial charge in [-0.1, -0.05) is 19.9 Å². The predicted molar refractivity (Wildman–Crippen MR) is 112 cm³/mol. The molecule has 0 bridgehead atoms. The first kappa shape index (κ1) is 21.9. The first-order chi connectivity index (χ1) is 14.6. The monoisotopic (exact) mass is 425 g/mol. The van der Waals surface area contributed by atoms with Gasteiger partial charge in [-0.3, -0.25) is 24.0 Å². The number of esters is 1. The van der Waals surface area contributed by atoms with E-state index in [1.807, 2.05) is 13.8 Å². The summed E-state index contributed by atoms with van der Waals surface area (Å²) in [6.45, 7) is 3.60. The van der Waals surface area contributed by atoms with Gasteiger partial charge in [0.1, 0.15) is 12.1 Å². The lowest BCUT2D eigenvalue weighted by molar-refractivity contribution is -0.139. The normalized spacial score (nSPS) is 14.4. The quantitative estimate of drug-likeness (QED) is 0.624. The zero-order valence-corrected chi connectivity index (χ0v) is 17.5. The van der Waals surface area contributed by atoms with Gasteiger partial charge in [0.15, 0.2) is 5.78 Å². The minimum Gasteiger partial charge on any atom is -0.468 e. The molecule has 0 aliphatic heterocycles. The van der Waals surface area contributed by atoms with E-state index in [-0.39, 0.29) is 34.6 Å². The molecule has 1 aliphatic rings. The smallest absolute Gasteiger partial charge is 0.325 e. The Bertz CT molecular complexity index is 1130. The van der Waals surface area contributed by atoms with Gasteiger partial charge in [0, 0.05) is 28.9 Å². The molecule has 0 fully saturated rings. The van der Waals surface area contributed by atoms with Crippen molar-refractivity contribution >= 4 is 29.3 Å². The van der Waals surface area contributed by atoms with Crippen LogP contribution < -0.4 is 16.2 Å². The second kappa shape index (κ2) is 8.55. The summed E-state index contributed by atoms with van der Waals surface area (Å²) in [5.74, 6) is -1.95. The van der Waals surface area contributed by atoms with Crippen molar-refractivity contribution in [1.82, 2.24) is 10.3 Å². The van der Waals surface area contributed by atoms with Crippen molar-refractivity contribution < 1.29 is 23.9 Å². The molecule has 31 heavy (non-hydrogen) atoms. The van der Waals surface area contributed by atoms with Gasteiger partial charge in [-0.15, -0.1) is 0 Å². The Morgan fingerprint density at radius 1 is 1.10 bits per heavy atom. The molecule has 3 N–H and O–H groups in total. The molecule has 0 saturated carbocycles. The molecule has 0 radical (unpaired) electrons. The van der Waals surface area contributed by atoms with E-state index in [0.717, 1.165) is 0 Å². The summed E-state index contributed by atoms with van der Waals surface area (Å²) in [6.07, 6.45) is 0.865. The Labute approximate surface area is 178 Å². The van der Waals surface area contributed by atoms with Crippen molar-refractivity contribution in [3.63, 3.8) is 0 Å². The van der Waals surface area contributed by atoms with Crippen molar-refractivity contribution in [3.8, 4) is 0 Å². The fourth-order valence-electron chi connectivity index (χ4n) is 3.46. The van der Waals surface area contributed by atoms with E-state index in [9.17, 15) is 24.0 Å². The topological polar surface area (TPSA) is 134 Å². The van der Waals surface area contributed by atoms with E-state index >= 15 is 0 Å². The number of methoxy groups -OCH3 is 1. The number of amides is 2. The zero-order valence-electron chi connectivity index (χ0n) is 17.5. The van der Waals surface area contributed by atoms with Gasteiger partial charge in [-0.05, 0) is 36.1 Å². The summed E-state index contributed by atoms with van der Waals surface area (Å²) in [5.41, 5.74) is 0.331. The molecule has 0 saturated heterocycles. The third-order valence-electron chi connectivity index (χ3n) is 4.97. The fraction of sp³-hybridized carbons (Fsp3) is 0.318. The van der Waals surface area contributed by atoms with Gasteiger partial charge in [0.2, 0.25) is 0 Å². The highest BCUT2D eigenvalue weighted by Crippen LogP contribution is 2.33. The van der Waals surface area contributed by atoms with Crippen molar-refractivity contribution in [2.45, 2.75) is 26.7 Å². The third kappa shape index (κ3) is 5.06. The van der Waals surface area contributed by atoms with Crippen molar-refractivity contribution in [2.24, 2.45) is 5.41 Å². The second-order valence-electron chi connectivity index (χ2n) is 8.14. The predicted octanol–water partition coefficient (Wildman–Crippen LogP) is 1.69. The van der Waals surface area contributed by atoms with E-state index in [2.05, 4.69) is 20.4 Å². The molecule has 1 aromatic carbocycles. The van der Waals surface area contributed by atoms with E-state index in [1.54, 1.807) is 12.1 Å². The zero-order chi connectivity index (χ0) is 22.8. The Kier molecular flexibility index (Phi) is 6.05. The summed E-state index contributed by atoms with van der Waals surface area (Å²) in [5, 5.41) is 4.96. The number of H-pyrrole nitrogens is 1. The number of fused-ring (bicyclic) bond motifs is 1. The van der Waals surface area contributed by atoms with E-state index in [0.29, 0.717) is 24.1 Å². The lowest BCUT2D eigenvalue weighted by Gasteiger charge is -2.29. The number of ketones is 1. The Balaban J connectivity index is 1.79. The van der Waals surface area contributed by atoms with Gasteiger partial charge in [-0.2, -0.15) is 0 Å². The van der Waals surface area contributed by atoms with Crippen LogP contribution in [0.4, 0.5) is 5.69 Å². The average molecular weight is 425 g/mol. The molecule has 0 atom stereocenters. The highest BCUT2D eigenvalue weighted by Gasteiger charge is 2.32. The standard InChI is InChI=1S/C22H23N3O6/c1-22(2)9-16-14(17(26)10-22)8-15(21(30)25-16)20(29)24-13-6-4-5-12(7-13)19(28)23-11-18(27)31-3/h4-8H,9-11H2,1-3H3,(H,23,28)(H,24,29)(H,25,30). The minimum absolute atomic E-state index is 0.124. The molecule has 2 aromatic rings. The number of Topliss-reactive ketones (excluding diaryl/α,β-unsaturated/α-hetero) is 1. The average Bonchev–Trinajstić information content (AvgIpc) is 2.70. The van der Waals surface area contributed by atoms with Crippen LogP contribution in [0.3, 0.4) is 0 Å². The highest BCUT2D eigenvalue weighted by atomic mass is 16.5. The number of benzene rings is 1. The summed E-state index contributed by atoms with van der Waals surface area (Å²) >= 11 is 0. The van der Waals surface area contributed by atoms with Crippen LogP contribution in [-0.4, -0.2) is 42.2 Å². The number of aromatic nitrogens is 1. The van der Waals surface area contributed by atoms with Gasteiger partial charge < -0.3 is 20.4 Å². The summed E-state index contributed by atoms with van der Waals surface area (Å²) in [4.78, 5) is 63.6. The number of hydrogen-bond donors (Lipinski definition) is 3. The molecule has 9 heteroatoms. The molecule has 0 spiro atoms. The molecule has 3 rings (SSSR count). The highest BCUT2D eigenvalue weighted by molar-refractivity contribution is 6.07. The summed E-state index contributed by atoms with van der Waals surface area (Å²) in [7, 11) is 1.21. The van der Waals surface area contributed by atoms with Gasteiger partial charge >= 0.3 is 5.97 Å². The van der Waals surface area contributed by atoms with Crippen molar-refractivity contribution in [1.29, 1.82) is 0 Å². The number of rotatable bonds is 5. The van der Waals surface area contributed by atoms with E-state index in [1.165, 1.54) is 25.3 Å². The maximum Gasteiger partial charge on any atom is 0.325 e. The lowest BCUT2D eigenvalue weighted by atomic mass is 9.75. The lowest BCUT2D eigenvalue weighted by Crippen LogP contribution is -2.33. The number of carbonyl (C=O) groups excluding carboxylic acids is 4. The first-order valence-electron chi connectivity index (χ1n) is 9.65. The van der Waals surface area contributed by atoms with Crippen LogP contribution in [0.15, 0.2) is 35.1 Å². The molecule has 9 nitrogen and oxygen atoms in total. The SMILES string of the molecule is COC(=O)CNC(=O)c1cccc(NC(=O)c2cc3c([nH]c2=O)CC(C)(C)CC3=O)c1. The third-order valence-corrected chi connectivity index (χ3v) is 4.97. The number of nitrogens with one attached hydrogen (secondary N) is 3. The molecular formula is C22H23N3O6.